The lowest BCUT2D eigenvalue weighted by molar-refractivity contribution is 0.0678. The predicted octanol–water partition coefficient (Wildman–Crippen LogP) is 4.50. The average molecular weight is 417 g/mol. The number of anilines is 1. The fraction of sp³-hybridized carbons (Fsp3) is 0.500. The molecule has 7 heteroatoms. The fourth-order valence-corrected chi connectivity index (χ4v) is 4.45. The van der Waals surface area contributed by atoms with E-state index in [-0.39, 0.29) is 23.5 Å². The van der Waals surface area contributed by atoms with E-state index < -0.39 is 0 Å². The summed E-state index contributed by atoms with van der Waals surface area (Å²) in [5.74, 6) is 0.201. The highest BCUT2D eigenvalue weighted by molar-refractivity contribution is 6.33. The zero-order valence-corrected chi connectivity index (χ0v) is 17.2. The second kappa shape index (κ2) is 9.08. The van der Waals surface area contributed by atoms with Crippen LogP contribution in [0.15, 0.2) is 30.5 Å². The van der Waals surface area contributed by atoms with E-state index in [1.54, 1.807) is 18.3 Å². The molecule has 2 aliphatic rings. The molecule has 1 saturated heterocycles. The molecule has 0 unspecified atom stereocenters. The predicted molar refractivity (Wildman–Crippen MR) is 112 cm³/mol. The largest absolute Gasteiger partial charge is 0.341 e. The second-order valence-corrected chi connectivity index (χ2v) is 8.28. The zero-order chi connectivity index (χ0) is 20.2. The Balaban J connectivity index is 1.55. The summed E-state index contributed by atoms with van der Waals surface area (Å²) in [7, 11) is 0. The molecule has 0 atom stereocenters. The molecule has 1 amide bonds. The molecule has 1 aromatic carbocycles. The van der Waals surface area contributed by atoms with Crippen molar-refractivity contribution in [3.05, 3.63) is 52.6 Å². The minimum atomic E-state index is -0.250. The van der Waals surface area contributed by atoms with Gasteiger partial charge in [-0.1, -0.05) is 36.6 Å². The molecule has 0 spiro atoms. The van der Waals surface area contributed by atoms with Crippen LogP contribution < -0.4 is 4.90 Å². The molecule has 1 aromatic heterocycles. The van der Waals surface area contributed by atoms with Crippen molar-refractivity contribution in [3.8, 4) is 0 Å². The summed E-state index contributed by atoms with van der Waals surface area (Å²) in [6, 6.07) is 6.66. The maximum atomic E-state index is 13.5. The van der Waals surface area contributed by atoms with E-state index in [9.17, 15) is 9.18 Å². The Hall–Kier alpha value is -2.21. The van der Waals surface area contributed by atoms with Crippen LogP contribution in [0, 0.1) is 5.82 Å². The number of nitrogens with zero attached hydrogens (tertiary/aromatic N) is 4. The molecule has 154 valence electrons. The highest BCUT2D eigenvalue weighted by Gasteiger charge is 2.30. The van der Waals surface area contributed by atoms with Crippen molar-refractivity contribution in [3.63, 3.8) is 0 Å². The molecule has 1 saturated carbocycles. The smallest absolute Gasteiger partial charge is 0.274 e. The number of carbonyl (C=O) groups excluding carboxylic acids is 1. The van der Waals surface area contributed by atoms with Crippen molar-refractivity contribution in [1.29, 1.82) is 0 Å². The number of hydrogen-bond donors (Lipinski definition) is 0. The van der Waals surface area contributed by atoms with Crippen molar-refractivity contribution in [2.24, 2.45) is 0 Å². The normalized spacial score (nSPS) is 17.1. The van der Waals surface area contributed by atoms with Gasteiger partial charge in [0.1, 0.15) is 5.82 Å². The maximum absolute atomic E-state index is 13.5. The third-order valence-corrected chi connectivity index (χ3v) is 6.18. The Morgan fingerprint density at radius 3 is 2.52 bits per heavy atom. The molecule has 1 aliphatic carbocycles. The molecule has 2 heterocycles. The van der Waals surface area contributed by atoms with Gasteiger partial charge in [-0.2, -0.15) is 0 Å². The Kier molecular flexibility index (Phi) is 6.28. The van der Waals surface area contributed by atoms with Gasteiger partial charge in [-0.3, -0.25) is 4.79 Å². The molecule has 0 N–H and O–H groups in total. The van der Waals surface area contributed by atoms with Gasteiger partial charge in [0.15, 0.2) is 5.69 Å². The van der Waals surface area contributed by atoms with Gasteiger partial charge in [-0.15, -0.1) is 0 Å². The van der Waals surface area contributed by atoms with Gasteiger partial charge in [0.25, 0.3) is 5.91 Å². The third-order valence-electron chi connectivity index (χ3n) is 5.90. The first-order valence-corrected chi connectivity index (χ1v) is 10.8. The SMILES string of the molecule is O=C(c1nc(N2CCCC2)ncc1Cl)N(CCc1ccc(F)cc1)C1CCCC1. The van der Waals surface area contributed by atoms with Crippen LogP contribution in [0.25, 0.3) is 0 Å². The van der Waals surface area contributed by atoms with Crippen LogP contribution in [-0.4, -0.2) is 46.5 Å². The lowest BCUT2D eigenvalue weighted by Crippen LogP contribution is -2.41. The topological polar surface area (TPSA) is 49.3 Å². The summed E-state index contributed by atoms with van der Waals surface area (Å²) >= 11 is 6.35. The number of hydrogen-bond acceptors (Lipinski definition) is 4. The van der Waals surface area contributed by atoms with E-state index >= 15 is 0 Å². The van der Waals surface area contributed by atoms with Gasteiger partial charge in [0.2, 0.25) is 5.95 Å². The first kappa shape index (κ1) is 20.1. The van der Waals surface area contributed by atoms with Crippen LogP contribution in [-0.2, 0) is 6.42 Å². The molecule has 0 radical (unpaired) electrons. The molecule has 5 nitrogen and oxygen atoms in total. The molecular formula is C22H26ClFN4O. The maximum Gasteiger partial charge on any atom is 0.274 e. The molecular weight excluding hydrogens is 391 g/mol. The van der Waals surface area contributed by atoms with Gasteiger partial charge < -0.3 is 9.80 Å². The van der Waals surface area contributed by atoms with Crippen LogP contribution in [0.3, 0.4) is 0 Å². The summed E-state index contributed by atoms with van der Waals surface area (Å²) in [5.41, 5.74) is 1.29. The highest BCUT2D eigenvalue weighted by atomic mass is 35.5. The Labute approximate surface area is 175 Å². The number of aromatic nitrogens is 2. The summed E-state index contributed by atoms with van der Waals surface area (Å²) in [4.78, 5) is 26.4. The fourth-order valence-electron chi connectivity index (χ4n) is 4.28. The van der Waals surface area contributed by atoms with Crippen molar-refractivity contribution < 1.29 is 9.18 Å². The summed E-state index contributed by atoms with van der Waals surface area (Å²) < 4.78 is 13.2. The van der Waals surface area contributed by atoms with E-state index in [2.05, 4.69) is 14.9 Å². The highest BCUT2D eigenvalue weighted by Crippen LogP contribution is 2.27. The van der Waals surface area contributed by atoms with Crippen LogP contribution in [0.4, 0.5) is 10.3 Å². The van der Waals surface area contributed by atoms with Crippen LogP contribution >= 0.6 is 11.6 Å². The molecule has 2 aromatic rings. The van der Waals surface area contributed by atoms with Gasteiger partial charge in [0.05, 0.1) is 11.2 Å². The number of benzene rings is 1. The van der Waals surface area contributed by atoms with Gasteiger partial charge in [-0.25, -0.2) is 14.4 Å². The van der Waals surface area contributed by atoms with E-state index in [0.717, 1.165) is 57.2 Å². The summed E-state index contributed by atoms with van der Waals surface area (Å²) in [5, 5.41) is 0.294. The molecule has 2 fully saturated rings. The second-order valence-electron chi connectivity index (χ2n) is 7.87. The number of rotatable bonds is 6. The van der Waals surface area contributed by atoms with Gasteiger partial charge in [-0.05, 0) is 49.8 Å². The van der Waals surface area contributed by atoms with Crippen molar-refractivity contribution in [1.82, 2.24) is 14.9 Å². The molecule has 0 bridgehead atoms. The third kappa shape index (κ3) is 4.69. The van der Waals surface area contributed by atoms with E-state index in [1.165, 1.54) is 12.1 Å². The number of carbonyl (C=O) groups is 1. The van der Waals surface area contributed by atoms with Crippen LogP contribution in [0.1, 0.15) is 54.6 Å². The quantitative estimate of drug-likeness (QED) is 0.695. The number of halogens is 2. The monoisotopic (exact) mass is 416 g/mol. The molecule has 1 aliphatic heterocycles. The summed E-state index contributed by atoms with van der Waals surface area (Å²) in [6.45, 7) is 2.38. The van der Waals surface area contributed by atoms with Crippen molar-refractivity contribution in [2.75, 3.05) is 24.5 Å². The summed E-state index contributed by atoms with van der Waals surface area (Å²) in [6.07, 6.45) is 8.69. The van der Waals surface area contributed by atoms with Crippen LogP contribution in [0.5, 0.6) is 0 Å². The Morgan fingerprint density at radius 2 is 1.83 bits per heavy atom. The minimum Gasteiger partial charge on any atom is -0.341 e. The standard InChI is InChI=1S/C22H26ClFN4O/c23-19-15-25-22(27-12-3-4-13-27)26-20(19)21(29)28(18-5-1-2-6-18)14-11-16-7-9-17(24)10-8-16/h7-10,15,18H,1-6,11-14H2. The molecule has 29 heavy (non-hydrogen) atoms. The van der Waals surface area contributed by atoms with E-state index in [0.29, 0.717) is 23.9 Å². The van der Waals surface area contributed by atoms with Crippen molar-refractivity contribution in [2.45, 2.75) is 51.0 Å². The van der Waals surface area contributed by atoms with Crippen LogP contribution in [0.2, 0.25) is 5.02 Å². The lowest BCUT2D eigenvalue weighted by atomic mass is 10.1. The van der Waals surface area contributed by atoms with Gasteiger partial charge >= 0.3 is 0 Å². The Bertz CT molecular complexity index is 848. The Morgan fingerprint density at radius 1 is 1.14 bits per heavy atom. The average Bonchev–Trinajstić information content (AvgIpc) is 3.44. The van der Waals surface area contributed by atoms with E-state index in [4.69, 9.17) is 11.6 Å². The number of amides is 1. The van der Waals surface area contributed by atoms with E-state index in [1.807, 2.05) is 4.90 Å². The van der Waals surface area contributed by atoms with Crippen molar-refractivity contribution >= 4 is 23.5 Å². The first-order valence-electron chi connectivity index (χ1n) is 10.4. The lowest BCUT2D eigenvalue weighted by Gasteiger charge is -2.29. The zero-order valence-electron chi connectivity index (χ0n) is 16.5. The first-order chi connectivity index (χ1) is 14.1. The minimum absolute atomic E-state index is 0.133. The van der Waals surface area contributed by atoms with Gasteiger partial charge in [0, 0.05) is 25.7 Å². The molecule has 4 rings (SSSR count).